The summed E-state index contributed by atoms with van der Waals surface area (Å²) in [5.41, 5.74) is 0. The third kappa shape index (κ3) is 2.95. The Hall–Kier alpha value is -0.350. The van der Waals surface area contributed by atoms with Gasteiger partial charge in [-0.3, -0.25) is 0 Å². The summed E-state index contributed by atoms with van der Waals surface area (Å²) in [5, 5.41) is 0. The van der Waals surface area contributed by atoms with Gasteiger partial charge in [0.1, 0.15) is 0 Å². The molecule has 0 radical (unpaired) electrons. The molecule has 0 aromatic carbocycles. The van der Waals surface area contributed by atoms with Gasteiger partial charge < -0.3 is 0 Å². The quantitative estimate of drug-likeness (QED) is 0.674. The van der Waals surface area contributed by atoms with Crippen LogP contribution in [-0.2, 0) is 10.0 Å². The van der Waals surface area contributed by atoms with Gasteiger partial charge in [-0.05, 0) is 26.2 Å². The molecule has 0 bridgehead atoms. The van der Waals surface area contributed by atoms with Crippen LogP contribution in [0.2, 0.25) is 0 Å². The maximum Gasteiger partial charge on any atom is 0.211 e. The summed E-state index contributed by atoms with van der Waals surface area (Å²) < 4.78 is 24.9. The van der Waals surface area contributed by atoms with Crippen molar-refractivity contribution in [2.24, 2.45) is 0 Å². The Labute approximate surface area is 73.9 Å². The number of rotatable bonds is 3. The first-order valence-corrected chi connectivity index (χ1v) is 5.94. The Morgan fingerprint density at radius 2 is 2.25 bits per heavy atom. The Bertz CT molecular complexity index is 256. The van der Waals surface area contributed by atoms with Crippen molar-refractivity contribution in [3.63, 3.8) is 0 Å². The minimum atomic E-state index is -3.00. The van der Waals surface area contributed by atoms with Crippen LogP contribution < -0.4 is 4.72 Å². The molecule has 0 fully saturated rings. The van der Waals surface area contributed by atoms with Crippen molar-refractivity contribution in [2.45, 2.75) is 32.2 Å². The van der Waals surface area contributed by atoms with Crippen molar-refractivity contribution in [3.05, 3.63) is 12.2 Å². The molecule has 1 rings (SSSR count). The highest BCUT2D eigenvalue weighted by atomic mass is 32.2. The zero-order valence-corrected chi connectivity index (χ0v) is 8.10. The van der Waals surface area contributed by atoms with Crippen LogP contribution in [0.4, 0.5) is 0 Å². The molecular weight excluding hydrogens is 174 g/mol. The summed E-state index contributed by atoms with van der Waals surface area (Å²) in [6, 6.07) is 0.125. The molecule has 0 spiro atoms. The molecule has 70 valence electrons. The van der Waals surface area contributed by atoms with Crippen LogP contribution >= 0.6 is 0 Å². The average Bonchev–Trinajstić information content (AvgIpc) is 2.06. The molecule has 0 aromatic rings. The molecule has 1 unspecified atom stereocenters. The molecule has 0 saturated carbocycles. The fraction of sp³-hybridized carbons (Fsp3) is 0.750. The van der Waals surface area contributed by atoms with Gasteiger partial charge in [-0.2, -0.15) is 0 Å². The number of hydrogen-bond donors (Lipinski definition) is 1. The van der Waals surface area contributed by atoms with Crippen LogP contribution in [0.1, 0.15) is 26.2 Å². The van der Waals surface area contributed by atoms with E-state index in [-0.39, 0.29) is 11.8 Å². The molecule has 1 atom stereocenters. The third-order valence-electron chi connectivity index (χ3n) is 2.00. The van der Waals surface area contributed by atoms with Crippen molar-refractivity contribution >= 4 is 10.0 Å². The highest BCUT2D eigenvalue weighted by Crippen LogP contribution is 2.11. The second-order valence-corrected chi connectivity index (χ2v) is 5.05. The van der Waals surface area contributed by atoms with Crippen LogP contribution in [-0.4, -0.2) is 20.2 Å². The topological polar surface area (TPSA) is 46.2 Å². The van der Waals surface area contributed by atoms with Crippen molar-refractivity contribution in [2.75, 3.05) is 5.75 Å². The first-order valence-electron chi connectivity index (χ1n) is 4.29. The van der Waals surface area contributed by atoms with Gasteiger partial charge in [-0.25, -0.2) is 13.1 Å². The molecule has 0 heterocycles. The highest BCUT2D eigenvalue weighted by Gasteiger charge is 2.15. The lowest BCUT2D eigenvalue weighted by molar-refractivity contribution is 0.523. The van der Waals surface area contributed by atoms with E-state index in [9.17, 15) is 8.42 Å². The molecule has 3 nitrogen and oxygen atoms in total. The van der Waals surface area contributed by atoms with Crippen LogP contribution in [0, 0.1) is 0 Å². The summed E-state index contributed by atoms with van der Waals surface area (Å²) in [6.07, 6.45) is 6.87. The Morgan fingerprint density at radius 3 is 2.75 bits per heavy atom. The van der Waals surface area contributed by atoms with E-state index in [1.807, 2.05) is 6.08 Å². The van der Waals surface area contributed by atoms with Crippen molar-refractivity contribution < 1.29 is 8.42 Å². The van der Waals surface area contributed by atoms with E-state index >= 15 is 0 Å². The number of hydrogen-bond acceptors (Lipinski definition) is 2. The average molecular weight is 189 g/mol. The van der Waals surface area contributed by atoms with Crippen molar-refractivity contribution in [3.8, 4) is 0 Å². The molecule has 4 heteroatoms. The zero-order valence-electron chi connectivity index (χ0n) is 7.29. The predicted molar refractivity (Wildman–Crippen MR) is 49.4 cm³/mol. The maximum atomic E-state index is 11.1. The smallest absolute Gasteiger partial charge is 0.211 e. The van der Waals surface area contributed by atoms with Gasteiger partial charge in [-0.15, -0.1) is 0 Å². The van der Waals surface area contributed by atoms with E-state index in [4.69, 9.17) is 0 Å². The van der Waals surface area contributed by atoms with Gasteiger partial charge in [0.25, 0.3) is 0 Å². The summed E-state index contributed by atoms with van der Waals surface area (Å²) in [5.74, 6) is 0.174. The Kier molecular flexibility index (Phi) is 3.29. The molecule has 1 aliphatic carbocycles. The van der Waals surface area contributed by atoms with Gasteiger partial charge in [0, 0.05) is 6.04 Å². The molecule has 0 amide bonds. The fourth-order valence-electron chi connectivity index (χ4n) is 1.24. The Morgan fingerprint density at radius 1 is 1.50 bits per heavy atom. The van der Waals surface area contributed by atoms with E-state index in [2.05, 4.69) is 10.8 Å². The van der Waals surface area contributed by atoms with Crippen molar-refractivity contribution in [1.82, 2.24) is 4.72 Å². The van der Waals surface area contributed by atoms with E-state index < -0.39 is 10.0 Å². The lowest BCUT2D eigenvalue weighted by Gasteiger charge is -2.18. The monoisotopic (exact) mass is 189 g/mol. The number of allylic oxidation sites excluding steroid dienone is 1. The first-order chi connectivity index (χ1) is 5.64. The lowest BCUT2D eigenvalue weighted by Crippen LogP contribution is -2.36. The third-order valence-corrected chi connectivity index (χ3v) is 3.45. The number of sulfonamides is 1. The van der Waals surface area contributed by atoms with E-state index in [0.717, 1.165) is 19.3 Å². The van der Waals surface area contributed by atoms with Crippen LogP contribution in [0.25, 0.3) is 0 Å². The first kappa shape index (κ1) is 9.74. The van der Waals surface area contributed by atoms with Gasteiger partial charge in [0.2, 0.25) is 10.0 Å². The molecule has 0 saturated heterocycles. The standard InChI is InChI=1S/C8H15NO2S/c1-2-12(10,11)9-8-6-4-3-5-7-8/h3-4,8-9H,2,5-7H2,1H3. The molecule has 12 heavy (non-hydrogen) atoms. The fourth-order valence-corrected chi connectivity index (χ4v) is 2.13. The van der Waals surface area contributed by atoms with Gasteiger partial charge in [-0.1, -0.05) is 12.2 Å². The summed E-state index contributed by atoms with van der Waals surface area (Å²) >= 11 is 0. The summed E-state index contributed by atoms with van der Waals surface area (Å²) in [4.78, 5) is 0. The molecular formula is C8H15NO2S. The highest BCUT2D eigenvalue weighted by molar-refractivity contribution is 7.89. The minimum absolute atomic E-state index is 0.125. The molecule has 1 N–H and O–H groups in total. The molecule has 1 aliphatic rings. The predicted octanol–water partition coefficient (Wildman–Crippen LogP) is 1.03. The van der Waals surface area contributed by atoms with Crippen LogP contribution in [0.5, 0.6) is 0 Å². The molecule has 0 aromatic heterocycles. The van der Waals surface area contributed by atoms with E-state index in [1.165, 1.54) is 0 Å². The largest absolute Gasteiger partial charge is 0.212 e. The summed E-state index contributed by atoms with van der Waals surface area (Å²) in [6.45, 7) is 1.65. The van der Waals surface area contributed by atoms with Gasteiger partial charge in [0.15, 0.2) is 0 Å². The SMILES string of the molecule is CCS(=O)(=O)NC1CC=CCC1. The minimum Gasteiger partial charge on any atom is -0.212 e. The lowest BCUT2D eigenvalue weighted by atomic mass is 10.0. The Balaban J connectivity index is 2.46. The van der Waals surface area contributed by atoms with Gasteiger partial charge >= 0.3 is 0 Å². The second-order valence-electron chi connectivity index (χ2n) is 3.00. The number of nitrogens with one attached hydrogen (secondary N) is 1. The maximum absolute atomic E-state index is 11.1. The normalized spacial score (nSPS) is 24.2. The molecule has 0 aliphatic heterocycles. The van der Waals surface area contributed by atoms with Gasteiger partial charge in [0.05, 0.1) is 5.75 Å². The summed E-state index contributed by atoms with van der Waals surface area (Å²) in [7, 11) is -3.00. The zero-order chi connectivity index (χ0) is 9.03. The van der Waals surface area contributed by atoms with Crippen LogP contribution in [0.3, 0.4) is 0 Å². The second kappa shape index (κ2) is 4.05. The van der Waals surface area contributed by atoms with E-state index in [0.29, 0.717) is 0 Å². The van der Waals surface area contributed by atoms with Crippen molar-refractivity contribution in [1.29, 1.82) is 0 Å². The van der Waals surface area contributed by atoms with Crippen LogP contribution in [0.15, 0.2) is 12.2 Å². The van der Waals surface area contributed by atoms with E-state index in [1.54, 1.807) is 6.92 Å².